The van der Waals surface area contributed by atoms with E-state index in [9.17, 15) is 4.79 Å². The third-order valence-electron chi connectivity index (χ3n) is 2.56. The van der Waals surface area contributed by atoms with Crippen molar-refractivity contribution in [1.29, 1.82) is 0 Å². The van der Waals surface area contributed by atoms with E-state index in [1.807, 2.05) is 12.1 Å². The van der Waals surface area contributed by atoms with Gasteiger partial charge in [0, 0.05) is 12.6 Å². The van der Waals surface area contributed by atoms with Gasteiger partial charge in [0.1, 0.15) is 5.82 Å². The van der Waals surface area contributed by atoms with E-state index in [0.717, 1.165) is 18.7 Å². The molecule has 16 heavy (non-hydrogen) atoms. The third-order valence-corrected chi connectivity index (χ3v) is 2.56. The summed E-state index contributed by atoms with van der Waals surface area (Å²) in [6, 6.07) is 5.57. The van der Waals surface area contributed by atoms with Gasteiger partial charge in [-0.1, -0.05) is 12.1 Å². The second-order valence-electron chi connectivity index (χ2n) is 3.86. The van der Waals surface area contributed by atoms with Crippen LogP contribution in [-0.2, 0) is 0 Å². The Morgan fingerprint density at radius 3 is 2.94 bits per heavy atom. The monoisotopic (exact) mass is 218 g/mol. The Morgan fingerprint density at radius 2 is 2.38 bits per heavy atom. The number of hydrogen-bond acceptors (Lipinski definition) is 3. The highest BCUT2D eigenvalue weighted by molar-refractivity contribution is 5.85. The highest BCUT2D eigenvalue weighted by Gasteiger charge is 2.29. The molecule has 1 saturated carbocycles. The molecule has 0 aliphatic heterocycles. The summed E-state index contributed by atoms with van der Waals surface area (Å²) in [6.07, 6.45) is 4.10. The van der Waals surface area contributed by atoms with Crippen molar-refractivity contribution in [2.45, 2.75) is 18.9 Å². The van der Waals surface area contributed by atoms with Gasteiger partial charge in [0.2, 0.25) is 0 Å². The summed E-state index contributed by atoms with van der Waals surface area (Å²) >= 11 is 0. The molecule has 4 heteroatoms. The van der Waals surface area contributed by atoms with Crippen molar-refractivity contribution in [2.75, 3.05) is 11.4 Å². The van der Waals surface area contributed by atoms with Crippen molar-refractivity contribution in [3.05, 3.63) is 36.5 Å². The van der Waals surface area contributed by atoms with Gasteiger partial charge in [0.25, 0.3) is 0 Å². The first-order valence-corrected chi connectivity index (χ1v) is 5.30. The molecule has 1 fully saturated rings. The van der Waals surface area contributed by atoms with Crippen molar-refractivity contribution in [2.24, 2.45) is 0 Å². The van der Waals surface area contributed by atoms with Gasteiger partial charge in [-0.15, -0.1) is 6.58 Å². The largest absolute Gasteiger partial charge is 0.477 e. The molecule has 0 radical (unpaired) electrons. The fourth-order valence-corrected chi connectivity index (χ4v) is 1.66. The quantitative estimate of drug-likeness (QED) is 0.767. The van der Waals surface area contributed by atoms with Crippen molar-refractivity contribution in [1.82, 2.24) is 4.98 Å². The van der Waals surface area contributed by atoms with E-state index in [2.05, 4.69) is 16.5 Å². The van der Waals surface area contributed by atoms with E-state index in [-0.39, 0.29) is 5.69 Å². The number of carboxylic acids is 1. The molecule has 1 aromatic rings. The molecule has 0 bridgehead atoms. The Labute approximate surface area is 94.2 Å². The van der Waals surface area contributed by atoms with E-state index in [0.29, 0.717) is 12.6 Å². The van der Waals surface area contributed by atoms with Gasteiger partial charge < -0.3 is 10.0 Å². The maximum Gasteiger partial charge on any atom is 0.354 e. The topological polar surface area (TPSA) is 53.4 Å². The normalized spacial score (nSPS) is 14.5. The molecular formula is C12H14N2O2. The number of aromatic nitrogens is 1. The summed E-state index contributed by atoms with van der Waals surface area (Å²) in [5, 5.41) is 8.87. The number of carboxylic acid groups (broad SMARTS) is 1. The Balaban J connectivity index is 2.25. The molecule has 0 saturated heterocycles. The molecule has 84 valence electrons. The SMILES string of the molecule is C=CCN(c1cccc(C(=O)O)n1)C1CC1. The number of anilines is 1. The molecule has 1 aromatic heterocycles. The summed E-state index contributed by atoms with van der Waals surface area (Å²) in [4.78, 5) is 17.0. The molecule has 1 N–H and O–H groups in total. The van der Waals surface area contributed by atoms with Crippen LogP contribution in [0.25, 0.3) is 0 Å². The molecule has 1 aliphatic rings. The zero-order valence-electron chi connectivity index (χ0n) is 8.97. The highest BCUT2D eigenvalue weighted by atomic mass is 16.4. The Hall–Kier alpha value is -1.84. The third kappa shape index (κ3) is 2.21. The van der Waals surface area contributed by atoms with Crippen molar-refractivity contribution < 1.29 is 9.90 Å². The smallest absolute Gasteiger partial charge is 0.354 e. The fraction of sp³-hybridized carbons (Fsp3) is 0.333. The number of nitrogens with zero attached hydrogens (tertiary/aromatic N) is 2. The van der Waals surface area contributed by atoms with Crippen LogP contribution >= 0.6 is 0 Å². The molecule has 0 amide bonds. The van der Waals surface area contributed by atoms with Crippen LogP contribution in [0.4, 0.5) is 5.82 Å². The first-order chi connectivity index (χ1) is 7.72. The lowest BCUT2D eigenvalue weighted by Gasteiger charge is -2.21. The number of rotatable bonds is 5. The first kappa shape index (κ1) is 10.7. The first-order valence-electron chi connectivity index (χ1n) is 5.30. The Kier molecular flexibility index (Phi) is 2.90. The molecule has 0 spiro atoms. The summed E-state index contributed by atoms with van der Waals surface area (Å²) in [5.74, 6) is -0.265. The van der Waals surface area contributed by atoms with Gasteiger partial charge in [-0.3, -0.25) is 0 Å². The van der Waals surface area contributed by atoms with Crippen LogP contribution in [0, 0.1) is 0 Å². The molecule has 1 aliphatic carbocycles. The zero-order chi connectivity index (χ0) is 11.5. The van der Waals surface area contributed by atoms with Gasteiger partial charge >= 0.3 is 5.97 Å². The molecular weight excluding hydrogens is 204 g/mol. The van der Waals surface area contributed by atoms with Crippen LogP contribution in [0.2, 0.25) is 0 Å². The van der Waals surface area contributed by atoms with Crippen LogP contribution in [0.15, 0.2) is 30.9 Å². The average Bonchev–Trinajstić information content (AvgIpc) is 3.10. The van der Waals surface area contributed by atoms with Crippen molar-refractivity contribution in [3.8, 4) is 0 Å². The van der Waals surface area contributed by atoms with Crippen LogP contribution < -0.4 is 4.90 Å². The molecule has 0 aromatic carbocycles. The van der Waals surface area contributed by atoms with Gasteiger partial charge in [-0.2, -0.15) is 0 Å². The van der Waals surface area contributed by atoms with E-state index in [1.54, 1.807) is 6.07 Å². The predicted octanol–water partition coefficient (Wildman–Crippen LogP) is 1.93. The minimum Gasteiger partial charge on any atom is -0.477 e. The lowest BCUT2D eigenvalue weighted by atomic mass is 10.3. The van der Waals surface area contributed by atoms with Gasteiger partial charge in [-0.05, 0) is 25.0 Å². The van der Waals surface area contributed by atoms with E-state index < -0.39 is 5.97 Å². The standard InChI is InChI=1S/C12H14N2O2/c1-2-8-14(9-6-7-9)11-5-3-4-10(13-11)12(15)16/h2-5,9H,1,6-8H2,(H,15,16). The summed E-state index contributed by atoms with van der Waals surface area (Å²) < 4.78 is 0. The van der Waals surface area contributed by atoms with Crippen molar-refractivity contribution >= 4 is 11.8 Å². The lowest BCUT2D eigenvalue weighted by Crippen LogP contribution is -2.27. The average molecular weight is 218 g/mol. The van der Waals surface area contributed by atoms with E-state index in [4.69, 9.17) is 5.11 Å². The van der Waals surface area contributed by atoms with Crippen LogP contribution in [0.1, 0.15) is 23.3 Å². The Bertz CT molecular complexity index is 413. The number of aromatic carboxylic acids is 1. The molecule has 1 heterocycles. The fourth-order valence-electron chi connectivity index (χ4n) is 1.66. The minimum absolute atomic E-state index is 0.0900. The van der Waals surface area contributed by atoms with Crippen LogP contribution in [0.3, 0.4) is 0 Å². The molecule has 4 nitrogen and oxygen atoms in total. The molecule has 0 atom stereocenters. The lowest BCUT2D eigenvalue weighted by molar-refractivity contribution is 0.0690. The van der Waals surface area contributed by atoms with E-state index >= 15 is 0 Å². The minimum atomic E-state index is -0.990. The van der Waals surface area contributed by atoms with E-state index in [1.165, 1.54) is 6.07 Å². The highest BCUT2D eigenvalue weighted by Crippen LogP contribution is 2.30. The Morgan fingerprint density at radius 1 is 1.62 bits per heavy atom. The number of pyridine rings is 1. The molecule has 0 unspecified atom stereocenters. The summed E-state index contributed by atoms with van der Waals surface area (Å²) in [7, 11) is 0. The predicted molar refractivity (Wildman–Crippen MR) is 61.8 cm³/mol. The summed E-state index contributed by atoms with van der Waals surface area (Å²) in [5.41, 5.74) is 0.0900. The second kappa shape index (κ2) is 4.35. The van der Waals surface area contributed by atoms with Crippen LogP contribution in [0.5, 0.6) is 0 Å². The zero-order valence-corrected chi connectivity index (χ0v) is 8.97. The van der Waals surface area contributed by atoms with Crippen LogP contribution in [-0.4, -0.2) is 28.6 Å². The van der Waals surface area contributed by atoms with Gasteiger partial charge in [0.05, 0.1) is 0 Å². The maximum absolute atomic E-state index is 10.8. The molecule has 2 rings (SSSR count). The van der Waals surface area contributed by atoms with Gasteiger partial charge in [-0.25, -0.2) is 9.78 Å². The number of hydrogen-bond donors (Lipinski definition) is 1. The van der Waals surface area contributed by atoms with Crippen molar-refractivity contribution in [3.63, 3.8) is 0 Å². The van der Waals surface area contributed by atoms with Gasteiger partial charge in [0.15, 0.2) is 5.69 Å². The number of carbonyl (C=O) groups is 1. The second-order valence-corrected chi connectivity index (χ2v) is 3.86. The summed E-state index contributed by atoms with van der Waals surface area (Å²) in [6.45, 7) is 4.42. The maximum atomic E-state index is 10.8.